The molecule has 1 fully saturated rings. The molecule has 0 amide bonds. The Kier molecular flexibility index (Phi) is 4.80. The van der Waals surface area contributed by atoms with Crippen molar-refractivity contribution in [3.8, 4) is 0 Å². The lowest BCUT2D eigenvalue weighted by Gasteiger charge is -2.28. The van der Waals surface area contributed by atoms with Crippen LogP contribution in [-0.4, -0.2) is 36.9 Å². The van der Waals surface area contributed by atoms with E-state index in [-0.39, 0.29) is 6.61 Å². The van der Waals surface area contributed by atoms with Crippen molar-refractivity contribution in [2.75, 3.05) is 31.7 Å². The second-order valence-electron chi connectivity index (χ2n) is 4.72. The van der Waals surface area contributed by atoms with Crippen LogP contribution in [0.15, 0.2) is 12.1 Å². The highest BCUT2D eigenvalue weighted by atomic mass is 35.5. The molecule has 5 heteroatoms. The molecule has 2 heterocycles. The fraction of sp³-hybridized carbons (Fsp3) is 0.615. The minimum absolute atomic E-state index is 0.132. The normalized spacial score (nSPS) is 19.8. The zero-order valence-electron chi connectivity index (χ0n) is 10.6. The molecule has 1 aliphatic heterocycles. The van der Waals surface area contributed by atoms with Crippen molar-refractivity contribution in [1.82, 2.24) is 4.98 Å². The van der Waals surface area contributed by atoms with Crippen LogP contribution in [0.4, 0.5) is 5.82 Å². The van der Waals surface area contributed by atoms with Gasteiger partial charge in [0, 0.05) is 20.2 Å². The first-order valence-electron chi connectivity index (χ1n) is 6.26. The summed E-state index contributed by atoms with van der Waals surface area (Å²) in [6.07, 6.45) is 2.33. The lowest BCUT2D eigenvalue weighted by atomic mass is 10.0. The van der Waals surface area contributed by atoms with E-state index in [2.05, 4.69) is 9.88 Å². The van der Waals surface area contributed by atoms with Crippen LogP contribution in [0.5, 0.6) is 0 Å². The lowest BCUT2D eigenvalue weighted by molar-refractivity contribution is 0.0576. The molecule has 4 nitrogen and oxygen atoms in total. The Morgan fingerprint density at radius 3 is 3.06 bits per heavy atom. The number of hydrogen-bond donors (Lipinski definition) is 1. The van der Waals surface area contributed by atoms with Gasteiger partial charge in [0.15, 0.2) is 0 Å². The zero-order chi connectivity index (χ0) is 13.0. The van der Waals surface area contributed by atoms with Gasteiger partial charge in [0.25, 0.3) is 0 Å². The number of rotatable bonds is 4. The zero-order valence-corrected chi connectivity index (χ0v) is 11.4. The molecule has 0 saturated carbocycles. The van der Waals surface area contributed by atoms with Gasteiger partial charge in [-0.15, -0.1) is 0 Å². The Hall–Kier alpha value is -0.840. The number of nitrogens with zero attached hydrogens (tertiary/aromatic N) is 2. The Bertz CT molecular complexity index is 395. The first-order valence-corrected chi connectivity index (χ1v) is 6.63. The monoisotopic (exact) mass is 270 g/mol. The smallest absolute Gasteiger partial charge is 0.128 e. The van der Waals surface area contributed by atoms with E-state index in [0.29, 0.717) is 16.6 Å². The molecule has 1 aromatic rings. The third kappa shape index (κ3) is 3.34. The molecule has 0 spiro atoms. The van der Waals surface area contributed by atoms with Crippen molar-refractivity contribution in [2.45, 2.75) is 19.4 Å². The van der Waals surface area contributed by atoms with E-state index in [4.69, 9.17) is 21.4 Å². The highest BCUT2D eigenvalue weighted by Gasteiger charge is 2.17. The van der Waals surface area contributed by atoms with Gasteiger partial charge in [-0.2, -0.15) is 0 Å². The van der Waals surface area contributed by atoms with Gasteiger partial charge in [-0.3, -0.25) is 0 Å². The second kappa shape index (κ2) is 6.36. The number of halogens is 1. The minimum Gasteiger partial charge on any atom is -0.390 e. The first kappa shape index (κ1) is 13.6. The number of hydrogen-bond acceptors (Lipinski definition) is 4. The summed E-state index contributed by atoms with van der Waals surface area (Å²) in [4.78, 5) is 6.45. The van der Waals surface area contributed by atoms with Crippen molar-refractivity contribution in [1.29, 1.82) is 0 Å². The molecule has 0 bridgehead atoms. The van der Waals surface area contributed by atoms with Gasteiger partial charge >= 0.3 is 0 Å². The summed E-state index contributed by atoms with van der Waals surface area (Å²) in [5.41, 5.74) is 0.529. The van der Waals surface area contributed by atoms with E-state index in [1.54, 1.807) is 6.07 Å². The van der Waals surface area contributed by atoms with Crippen molar-refractivity contribution < 1.29 is 9.84 Å². The van der Waals surface area contributed by atoms with E-state index in [9.17, 15) is 0 Å². The van der Waals surface area contributed by atoms with Crippen LogP contribution in [0.3, 0.4) is 0 Å². The van der Waals surface area contributed by atoms with Gasteiger partial charge < -0.3 is 14.7 Å². The molecule has 100 valence electrons. The van der Waals surface area contributed by atoms with Gasteiger partial charge in [0.1, 0.15) is 5.82 Å². The third-order valence-corrected chi connectivity index (χ3v) is 3.58. The molecule has 1 N–H and O–H groups in total. The highest BCUT2D eigenvalue weighted by molar-refractivity contribution is 6.31. The summed E-state index contributed by atoms with van der Waals surface area (Å²) >= 11 is 5.93. The standard InChI is InChI=1S/C13H19ClN2O2/c1-16(7-10-3-2-6-18-9-10)13-5-4-11(14)12(8-17)15-13/h4-5,10,17H,2-3,6-9H2,1H3. The number of ether oxygens (including phenoxy) is 1. The molecule has 18 heavy (non-hydrogen) atoms. The van der Waals surface area contributed by atoms with E-state index >= 15 is 0 Å². The first-order chi connectivity index (χ1) is 8.70. The van der Waals surface area contributed by atoms with Crippen LogP contribution in [0.2, 0.25) is 5.02 Å². The van der Waals surface area contributed by atoms with Crippen LogP contribution >= 0.6 is 11.6 Å². The summed E-state index contributed by atoms with van der Waals surface area (Å²) in [5, 5.41) is 9.67. The van der Waals surface area contributed by atoms with Gasteiger partial charge in [-0.25, -0.2) is 4.98 Å². The molecule has 2 rings (SSSR count). The maximum absolute atomic E-state index is 9.16. The van der Waals surface area contributed by atoms with E-state index in [1.165, 1.54) is 6.42 Å². The van der Waals surface area contributed by atoms with Crippen LogP contribution in [0, 0.1) is 5.92 Å². The van der Waals surface area contributed by atoms with Crippen LogP contribution < -0.4 is 4.90 Å². The van der Waals surface area contributed by atoms with E-state index in [1.807, 2.05) is 13.1 Å². The quantitative estimate of drug-likeness (QED) is 0.910. The highest BCUT2D eigenvalue weighted by Crippen LogP contribution is 2.21. The molecule has 0 aliphatic carbocycles. The molecule has 1 atom stereocenters. The van der Waals surface area contributed by atoms with Crippen molar-refractivity contribution in [3.63, 3.8) is 0 Å². The Morgan fingerprint density at radius 2 is 2.39 bits per heavy atom. The summed E-state index contributed by atoms with van der Waals surface area (Å²) in [7, 11) is 2.01. The minimum atomic E-state index is -0.132. The van der Waals surface area contributed by atoms with Gasteiger partial charge in [-0.05, 0) is 30.9 Å². The molecule has 1 saturated heterocycles. The van der Waals surface area contributed by atoms with E-state index in [0.717, 1.165) is 32.0 Å². The number of anilines is 1. The molecule has 1 unspecified atom stereocenters. The molecular formula is C13H19ClN2O2. The maximum Gasteiger partial charge on any atom is 0.128 e. The summed E-state index contributed by atoms with van der Waals surface area (Å²) in [5.74, 6) is 1.40. The largest absolute Gasteiger partial charge is 0.390 e. The average Bonchev–Trinajstić information content (AvgIpc) is 2.40. The maximum atomic E-state index is 9.16. The Morgan fingerprint density at radius 1 is 1.56 bits per heavy atom. The lowest BCUT2D eigenvalue weighted by Crippen LogP contribution is -2.31. The number of aliphatic hydroxyl groups excluding tert-OH is 1. The predicted molar refractivity (Wildman–Crippen MR) is 72.0 cm³/mol. The predicted octanol–water partition coefficient (Wildman–Crippen LogP) is 2.09. The topological polar surface area (TPSA) is 45.6 Å². The van der Waals surface area contributed by atoms with Crippen LogP contribution in [-0.2, 0) is 11.3 Å². The molecular weight excluding hydrogens is 252 g/mol. The van der Waals surface area contributed by atoms with Gasteiger partial charge in [-0.1, -0.05) is 11.6 Å². The van der Waals surface area contributed by atoms with Crippen molar-refractivity contribution in [2.24, 2.45) is 5.92 Å². The number of pyridine rings is 1. The third-order valence-electron chi connectivity index (χ3n) is 3.23. The molecule has 1 aliphatic rings. The second-order valence-corrected chi connectivity index (χ2v) is 5.13. The number of aromatic nitrogens is 1. The average molecular weight is 271 g/mol. The van der Waals surface area contributed by atoms with Crippen LogP contribution in [0.25, 0.3) is 0 Å². The van der Waals surface area contributed by atoms with Crippen molar-refractivity contribution >= 4 is 17.4 Å². The summed E-state index contributed by atoms with van der Waals surface area (Å²) in [6.45, 7) is 2.49. The van der Waals surface area contributed by atoms with Crippen molar-refractivity contribution in [3.05, 3.63) is 22.8 Å². The fourth-order valence-corrected chi connectivity index (χ4v) is 2.39. The summed E-state index contributed by atoms with van der Waals surface area (Å²) < 4.78 is 5.47. The van der Waals surface area contributed by atoms with Gasteiger partial charge in [0.05, 0.1) is 23.9 Å². The fourth-order valence-electron chi connectivity index (χ4n) is 2.23. The van der Waals surface area contributed by atoms with Gasteiger partial charge in [0.2, 0.25) is 0 Å². The van der Waals surface area contributed by atoms with Crippen LogP contribution in [0.1, 0.15) is 18.5 Å². The Balaban J connectivity index is 2.01. The molecule has 0 aromatic carbocycles. The summed E-state index contributed by atoms with van der Waals surface area (Å²) in [6, 6.07) is 3.66. The molecule has 0 radical (unpaired) electrons. The van der Waals surface area contributed by atoms with E-state index < -0.39 is 0 Å². The molecule has 1 aromatic heterocycles. The number of aliphatic hydroxyl groups is 1. The SMILES string of the molecule is CN(CC1CCCOC1)c1ccc(Cl)c(CO)n1. The Labute approximate surface area is 113 Å².